The lowest BCUT2D eigenvalue weighted by Crippen LogP contribution is -2.42. The molecule has 0 aromatic heterocycles. The van der Waals surface area contributed by atoms with Crippen molar-refractivity contribution >= 4 is 33.8 Å². The normalized spacial score (nSPS) is 17.3. The third-order valence-corrected chi connectivity index (χ3v) is 5.62. The van der Waals surface area contributed by atoms with Crippen LogP contribution < -0.4 is 4.72 Å². The molecule has 1 heterocycles. The predicted molar refractivity (Wildman–Crippen MR) is 106 cm³/mol. The van der Waals surface area contributed by atoms with Crippen LogP contribution in [-0.2, 0) is 10.0 Å². The number of nitrogens with one attached hydrogen (secondary N) is 1. The van der Waals surface area contributed by atoms with Crippen LogP contribution in [0.2, 0.25) is 5.02 Å². The molecule has 9 heteroatoms. The average molecular weight is 407 g/mol. The molecule has 0 amide bonds. The van der Waals surface area contributed by atoms with Gasteiger partial charge in [-0.15, -0.1) is 0 Å². The van der Waals surface area contributed by atoms with E-state index < -0.39 is 10.0 Å². The van der Waals surface area contributed by atoms with Gasteiger partial charge in [-0.05, 0) is 30.7 Å². The highest BCUT2D eigenvalue weighted by molar-refractivity contribution is 7.90. The fraction of sp³-hybridized carbons (Fsp3) is 0.222. The van der Waals surface area contributed by atoms with E-state index in [1.54, 1.807) is 11.2 Å². The highest BCUT2D eigenvalue weighted by Gasteiger charge is 2.29. The topological polar surface area (TPSA) is 94.4 Å². The van der Waals surface area contributed by atoms with Crippen LogP contribution in [0.5, 0.6) is 5.75 Å². The summed E-state index contributed by atoms with van der Waals surface area (Å²) in [5.74, 6) is -0.0596. The van der Waals surface area contributed by atoms with Gasteiger partial charge in [0, 0.05) is 19.2 Å². The zero-order chi connectivity index (χ0) is 19.4. The molecule has 2 aromatic rings. The van der Waals surface area contributed by atoms with E-state index in [1.165, 1.54) is 18.2 Å². The van der Waals surface area contributed by atoms with Gasteiger partial charge in [-0.25, -0.2) is 18.1 Å². The van der Waals surface area contributed by atoms with Gasteiger partial charge in [-0.1, -0.05) is 41.9 Å². The van der Waals surface area contributed by atoms with E-state index in [1.807, 2.05) is 37.3 Å². The number of hydrogen-bond acceptors (Lipinski definition) is 5. The van der Waals surface area contributed by atoms with Crippen molar-refractivity contribution in [3.63, 3.8) is 0 Å². The molecule has 0 spiro atoms. The van der Waals surface area contributed by atoms with Gasteiger partial charge in [0.15, 0.2) is 0 Å². The molecule has 0 radical (unpaired) electrons. The average Bonchev–Trinajstić information content (AvgIpc) is 3.14. The fourth-order valence-corrected chi connectivity index (χ4v) is 3.99. The van der Waals surface area contributed by atoms with Crippen molar-refractivity contribution in [2.75, 3.05) is 6.54 Å². The summed E-state index contributed by atoms with van der Waals surface area (Å²) in [6, 6.07) is 13.2. The number of phenolic OH excluding ortho intramolecular Hbond substituents is 1. The number of halogens is 1. The van der Waals surface area contributed by atoms with Crippen molar-refractivity contribution in [3.8, 4) is 5.75 Å². The number of hydrogen-bond donors (Lipinski definition) is 2. The van der Waals surface area contributed by atoms with Crippen LogP contribution in [0.1, 0.15) is 24.9 Å². The minimum Gasteiger partial charge on any atom is -0.506 e. The number of sulfonamides is 1. The van der Waals surface area contributed by atoms with Crippen LogP contribution in [-0.4, -0.2) is 37.3 Å². The quantitative estimate of drug-likeness (QED) is 0.602. The smallest absolute Gasteiger partial charge is 0.264 e. The van der Waals surface area contributed by atoms with Crippen LogP contribution in [0.25, 0.3) is 0 Å². The molecule has 0 bridgehead atoms. The Hall–Kier alpha value is -2.58. The lowest BCUT2D eigenvalue weighted by molar-refractivity contribution is 0.361. The molecule has 1 atom stereocenters. The Bertz CT molecular complexity index is 977. The lowest BCUT2D eigenvalue weighted by Gasteiger charge is -2.25. The zero-order valence-electron chi connectivity index (χ0n) is 14.6. The maximum atomic E-state index is 12.8. The molecular weight excluding hydrogens is 388 g/mol. The van der Waals surface area contributed by atoms with Crippen LogP contribution in [0, 0.1) is 0 Å². The molecule has 0 saturated carbocycles. The van der Waals surface area contributed by atoms with Crippen molar-refractivity contribution in [2.24, 2.45) is 10.1 Å². The molecule has 0 fully saturated rings. The van der Waals surface area contributed by atoms with Gasteiger partial charge in [0.1, 0.15) is 5.75 Å². The largest absolute Gasteiger partial charge is 0.506 e. The summed E-state index contributed by atoms with van der Waals surface area (Å²) in [5, 5.41) is 15.3. The SMILES string of the molecule is CCN=C(NS(=O)(=O)c1ccc(O)c(Cl)c1)N1N=CCC1c1ccccc1. The van der Waals surface area contributed by atoms with Gasteiger partial charge in [0.25, 0.3) is 10.0 Å². The molecule has 27 heavy (non-hydrogen) atoms. The fourth-order valence-electron chi connectivity index (χ4n) is 2.71. The first-order chi connectivity index (χ1) is 12.9. The number of guanidine groups is 1. The Balaban J connectivity index is 1.90. The third-order valence-electron chi connectivity index (χ3n) is 3.99. The van der Waals surface area contributed by atoms with Crippen LogP contribution in [0.15, 0.2) is 63.5 Å². The minimum absolute atomic E-state index is 0.0480. The molecule has 7 nitrogen and oxygen atoms in total. The van der Waals surface area contributed by atoms with Gasteiger partial charge >= 0.3 is 0 Å². The van der Waals surface area contributed by atoms with Gasteiger partial charge in [0.05, 0.1) is 16.0 Å². The number of aromatic hydroxyl groups is 1. The van der Waals surface area contributed by atoms with E-state index in [2.05, 4.69) is 14.8 Å². The molecular formula is C18H19ClN4O3S. The predicted octanol–water partition coefficient (Wildman–Crippen LogP) is 3.13. The number of nitrogens with zero attached hydrogens (tertiary/aromatic N) is 3. The molecule has 1 unspecified atom stereocenters. The van der Waals surface area contributed by atoms with Gasteiger partial charge in [-0.3, -0.25) is 4.99 Å². The highest BCUT2D eigenvalue weighted by Crippen LogP contribution is 2.29. The van der Waals surface area contributed by atoms with E-state index in [4.69, 9.17) is 11.6 Å². The van der Waals surface area contributed by atoms with Gasteiger partial charge < -0.3 is 5.11 Å². The Morgan fingerprint density at radius 3 is 2.74 bits per heavy atom. The second-order valence-corrected chi connectivity index (χ2v) is 7.91. The summed E-state index contributed by atoms with van der Waals surface area (Å²) < 4.78 is 28.0. The monoisotopic (exact) mass is 406 g/mol. The first-order valence-corrected chi connectivity index (χ1v) is 10.2. The Morgan fingerprint density at radius 1 is 1.33 bits per heavy atom. The molecule has 0 aliphatic carbocycles. The maximum absolute atomic E-state index is 12.8. The third kappa shape index (κ3) is 4.23. The van der Waals surface area contributed by atoms with Crippen LogP contribution >= 0.6 is 11.6 Å². The van der Waals surface area contributed by atoms with E-state index in [9.17, 15) is 13.5 Å². The van der Waals surface area contributed by atoms with Crippen molar-refractivity contribution in [2.45, 2.75) is 24.3 Å². The summed E-state index contributed by atoms with van der Waals surface area (Å²) in [6.07, 6.45) is 2.37. The van der Waals surface area contributed by atoms with Crippen molar-refractivity contribution in [1.29, 1.82) is 0 Å². The lowest BCUT2D eigenvalue weighted by atomic mass is 10.1. The molecule has 1 aliphatic heterocycles. The number of phenols is 1. The molecule has 2 aromatic carbocycles. The number of aliphatic imine (C=N–C) groups is 1. The summed E-state index contributed by atoms with van der Waals surface area (Å²) in [7, 11) is -3.96. The molecule has 3 rings (SSSR count). The summed E-state index contributed by atoms with van der Waals surface area (Å²) in [6.45, 7) is 2.19. The zero-order valence-corrected chi connectivity index (χ0v) is 16.2. The molecule has 142 valence electrons. The van der Waals surface area contributed by atoms with Crippen molar-refractivity contribution < 1.29 is 13.5 Å². The van der Waals surface area contributed by atoms with E-state index in [0.29, 0.717) is 13.0 Å². The first kappa shape index (κ1) is 19.2. The van der Waals surface area contributed by atoms with E-state index >= 15 is 0 Å². The molecule has 2 N–H and O–H groups in total. The number of hydrazone groups is 1. The minimum atomic E-state index is -3.96. The van der Waals surface area contributed by atoms with Crippen molar-refractivity contribution in [1.82, 2.24) is 9.73 Å². The van der Waals surface area contributed by atoms with Crippen LogP contribution in [0.3, 0.4) is 0 Å². The summed E-state index contributed by atoms with van der Waals surface area (Å²) >= 11 is 5.84. The summed E-state index contributed by atoms with van der Waals surface area (Å²) in [5.41, 5.74) is 1.01. The second kappa shape index (κ2) is 7.98. The number of rotatable bonds is 4. The standard InChI is InChI=1S/C18H19ClN4O3S/c1-2-20-18(22-27(25,26)14-8-9-17(24)15(19)12-14)23-16(10-11-21-23)13-6-4-3-5-7-13/h3-9,11-12,16,24H,2,10H2,1H3,(H,20,22). The van der Waals surface area contributed by atoms with Crippen LogP contribution in [0.4, 0.5) is 0 Å². The van der Waals surface area contributed by atoms with E-state index in [0.717, 1.165) is 5.56 Å². The second-order valence-electron chi connectivity index (χ2n) is 5.82. The summed E-state index contributed by atoms with van der Waals surface area (Å²) in [4.78, 5) is 4.21. The highest BCUT2D eigenvalue weighted by atomic mass is 35.5. The molecule has 1 aliphatic rings. The molecule has 0 saturated heterocycles. The first-order valence-electron chi connectivity index (χ1n) is 8.35. The number of benzene rings is 2. The maximum Gasteiger partial charge on any atom is 0.264 e. The van der Waals surface area contributed by atoms with Gasteiger partial charge in [-0.2, -0.15) is 5.10 Å². The Morgan fingerprint density at radius 2 is 2.07 bits per heavy atom. The van der Waals surface area contributed by atoms with E-state index in [-0.39, 0.29) is 27.7 Å². The Kier molecular flexibility index (Phi) is 5.67. The van der Waals surface area contributed by atoms with Gasteiger partial charge in [0.2, 0.25) is 5.96 Å². The Labute approximate surface area is 163 Å². The van der Waals surface area contributed by atoms with Crippen molar-refractivity contribution in [3.05, 3.63) is 59.1 Å².